The molecule has 0 aromatic heterocycles. The van der Waals surface area contributed by atoms with Gasteiger partial charge in [0, 0.05) is 11.9 Å². The number of carbonyl (C=O) groups is 1. The van der Waals surface area contributed by atoms with Crippen molar-refractivity contribution in [2.75, 3.05) is 7.11 Å². The molecule has 0 heterocycles. The lowest BCUT2D eigenvalue weighted by atomic mass is 10.2. The van der Waals surface area contributed by atoms with Crippen LogP contribution in [-0.4, -0.2) is 19.2 Å². The highest BCUT2D eigenvalue weighted by Gasteiger charge is 2.05. The van der Waals surface area contributed by atoms with Crippen LogP contribution in [0.3, 0.4) is 0 Å². The van der Waals surface area contributed by atoms with Gasteiger partial charge in [-0.05, 0) is 41.5 Å². The van der Waals surface area contributed by atoms with Crippen LogP contribution in [0.5, 0.6) is 11.5 Å². The van der Waals surface area contributed by atoms with Gasteiger partial charge in [0.05, 0.1) is 13.3 Å². The van der Waals surface area contributed by atoms with E-state index in [4.69, 9.17) is 21.1 Å². The number of methoxy groups -OCH3 is 1. The zero-order chi connectivity index (χ0) is 16.7. The van der Waals surface area contributed by atoms with E-state index in [-0.39, 0.29) is 5.91 Å². The first-order chi connectivity index (χ1) is 11.1. The third-order valence-corrected chi connectivity index (χ3v) is 3.18. The Hall–Kier alpha value is -2.53. The van der Waals surface area contributed by atoms with E-state index in [1.807, 2.05) is 30.3 Å². The van der Waals surface area contributed by atoms with Crippen molar-refractivity contribution in [3.63, 3.8) is 0 Å². The second kappa shape index (κ2) is 8.19. The first-order valence-electron chi connectivity index (χ1n) is 6.93. The Morgan fingerprint density at radius 2 is 1.96 bits per heavy atom. The normalized spacial score (nSPS) is 10.6. The summed E-state index contributed by atoms with van der Waals surface area (Å²) in [5.41, 5.74) is 4.14. The molecule has 23 heavy (non-hydrogen) atoms. The van der Waals surface area contributed by atoms with Gasteiger partial charge in [-0.3, -0.25) is 4.79 Å². The summed E-state index contributed by atoms with van der Waals surface area (Å²) in [5.74, 6) is 0.987. The van der Waals surface area contributed by atoms with Crippen LogP contribution < -0.4 is 14.9 Å². The van der Waals surface area contributed by atoms with Crippen molar-refractivity contribution < 1.29 is 14.3 Å². The SMILES string of the molecule is COc1cc(C=NNC(C)=O)ccc1OCc1ccc(Cl)cc1. The molecule has 120 valence electrons. The molecule has 5 nitrogen and oxygen atoms in total. The van der Waals surface area contributed by atoms with E-state index in [1.54, 1.807) is 19.2 Å². The van der Waals surface area contributed by atoms with Crippen molar-refractivity contribution in [1.82, 2.24) is 5.43 Å². The number of carbonyl (C=O) groups excluding carboxylic acids is 1. The summed E-state index contributed by atoms with van der Waals surface area (Å²) in [6, 6.07) is 12.8. The second-order valence-electron chi connectivity index (χ2n) is 4.75. The van der Waals surface area contributed by atoms with Crippen LogP contribution in [0.15, 0.2) is 47.6 Å². The first-order valence-corrected chi connectivity index (χ1v) is 7.31. The molecule has 0 radical (unpaired) electrons. The summed E-state index contributed by atoms with van der Waals surface area (Å²) >= 11 is 5.86. The van der Waals surface area contributed by atoms with Crippen LogP contribution in [0, 0.1) is 0 Å². The molecule has 0 atom stereocenters. The van der Waals surface area contributed by atoms with Crippen LogP contribution in [0.4, 0.5) is 0 Å². The van der Waals surface area contributed by atoms with Crippen molar-refractivity contribution in [3.8, 4) is 11.5 Å². The Morgan fingerprint density at radius 3 is 2.61 bits per heavy atom. The predicted octanol–water partition coefficient (Wildman–Crippen LogP) is 3.40. The molecule has 0 unspecified atom stereocenters. The molecule has 2 aromatic rings. The number of hydrogen-bond acceptors (Lipinski definition) is 4. The average Bonchev–Trinajstić information content (AvgIpc) is 2.54. The van der Waals surface area contributed by atoms with Crippen LogP contribution in [0.25, 0.3) is 0 Å². The van der Waals surface area contributed by atoms with E-state index in [9.17, 15) is 4.79 Å². The lowest BCUT2D eigenvalue weighted by Gasteiger charge is -2.11. The van der Waals surface area contributed by atoms with Crippen molar-refractivity contribution in [1.29, 1.82) is 0 Å². The average molecular weight is 333 g/mol. The van der Waals surface area contributed by atoms with Gasteiger partial charge in [-0.15, -0.1) is 0 Å². The maximum atomic E-state index is 10.8. The topological polar surface area (TPSA) is 59.9 Å². The molecule has 0 aliphatic rings. The Kier molecular flexibility index (Phi) is 6.00. The van der Waals surface area contributed by atoms with E-state index >= 15 is 0 Å². The molecule has 0 aliphatic carbocycles. The molecular weight excluding hydrogens is 316 g/mol. The molecule has 2 aromatic carbocycles. The van der Waals surface area contributed by atoms with E-state index in [2.05, 4.69) is 10.5 Å². The molecule has 0 saturated heterocycles. The Bertz CT molecular complexity index is 699. The van der Waals surface area contributed by atoms with Gasteiger partial charge in [-0.1, -0.05) is 23.7 Å². The quantitative estimate of drug-likeness (QED) is 0.651. The lowest BCUT2D eigenvalue weighted by Crippen LogP contribution is -2.12. The maximum Gasteiger partial charge on any atom is 0.236 e. The number of ether oxygens (including phenoxy) is 2. The molecule has 1 amide bonds. The van der Waals surface area contributed by atoms with Gasteiger partial charge in [0.1, 0.15) is 6.61 Å². The maximum absolute atomic E-state index is 10.8. The molecule has 0 aliphatic heterocycles. The van der Waals surface area contributed by atoms with Gasteiger partial charge in [-0.25, -0.2) is 5.43 Å². The van der Waals surface area contributed by atoms with Crippen molar-refractivity contribution in [2.45, 2.75) is 13.5 Å². The monoisotopic (exact) mass is 332 g/mol. The van der Waals surface area contributed by atoms with Gasteiger partial charge in [0.25, 0.3) is 0 Å². The van der Waals surface area contributed by atoms with E-state index in [0.29, 0.717) is 23.1 Å². The summed E-state index contributed by atoms with van der Waals surface area (Å²) in [4.78, 5) is 10.8. The third-order valence-electron chi connectivity index (χ3n) is 2.93. The summed E-state index contributed by atoms with van der Waals surface area (Å²) in [5, 5.41) is 4.50. The Morgan fingerprint density at radius 1 is 1.22 bits per heavy atom. The highest BCUT2D eigenvalue weighted by atomic mass is 35.5. The minimum atomic E-state index is -0.226. The highest BCUT2D eigenvalue weighted by Crippen LogP contribution is 2.28. The molecule has 0 bridgehead atoms. The van der Waals surface area contributed by atoms with Gasteiger partial charge in [-0.2, -0.15) is 5.10 Å². The minimum absolute atomic E-state index is 0.226. The summed E-state index contributed by atoms with van der Waals surface area (Å²) in [7, 11) is 1.57. The number of hydrazone groups is 1. The number of benzene rings is 2. The number of hydrogen-bond donors (Lipinski definition) is 1. The summed E-state index contributed by atoms with van der Waals surface area (Å²) < 4.78 is 11.1. The highest BCUT2D eigenvalue weighted by molar-refractivity contribution is 6.30. The standard InChI is InChI=1S/C17H17ClN2O3/c1-12(21)20-19-10-14-5-8-16(17(9-14)22-2)23-11-13-3-6-15(18)7-4-13/h3-10H,11H2,1-2H3,(H,20,21). The fourth-order valence-electron chi connectivity index (χ4n) is 1.82. The van der Waals surface area contributed by atoms with Crippen LogP contribution in [-0.2, 0) is 11.4 Å². The van der Waals surface area contributed by atoms with E-state index in [1.165, 1.54) is 13.1 Å². The summed E-state index contributed by atoms with van der Waals surface area (Å²) in [6.07, 6.45) is 1.53. The zero-order valence-electron chi connectivity index (χ0n) is 12.9. The van der Waals surface area contributed by atoms with Crippen LogP contribution >= 0.6 is 11.6 Å². The largest absolute Gasteiger partial charge is 0.493 e. The number of halogens is 1. The van der Waals surface area contributed by atoms with Crippen LogP contribution in [0.2, 0.25) is 5.02 Å². The second-order valence-corrected chi connectivity index (χ2v) is 5.19. The summed E-state index contributed by atoms with van der Waals surface area (Å²) in [6.45, 7) is 1.80. The number of nitrogens with one attached hydrogen (secondary N) is 1. The van der Waals surface area contributed by atoms with Gasteiger partial charge in [0.15, 0.2) is 11.5 Å². The van der Waals surface area contributed by atoms with E-state index in [0.717, 1.165) is 11.1 Å². The lowest BCUT2D eigenvalue weighted by molar-refractivity contribution is -0.118. The molecule has 6 heteroatoms. The number of amides is 1. The van der Waals surface area contributed by atoms with Crippen molar-refractivity contribution >= 4 is 23.7 Å². The number of nitrogens with zero attached hydrogens (tertiary/aromatic N) is 1. The zero-order valence-corrected chi connectivity index (χ0v) is 13.6. The fourth-order valence-corrected chi connectivity index (χ4v) is 1.95. The Balaban J connectivity index is 2.05. The molecule has 0 spiro atoms. The van der Waals surface area contributed by atoms with Gasteiger partial charge < -0.3 is 9.47 Å². The van der Waals surface area contributed by atoms with Crippen molar-refractivity contribution in [2.24, 2.45) is 5.10 Å². The minimum Gasteiger partial charge on any atom is -0.493 e. The van der Waals surface area contributed by atoms with Crippen molar-refractivity contribution in [3.05, 3.63) is 58.6 Å². The molecule has 2 rings (SSSR count). The number of rotatable bonds is 6. The molecule has 0 fully saturated rings. The first kappa shape index (κ1) is 16.8. The van der Waals surface area contributed by atoms with Gasteiger partial charge >= 0.3 is 0 Å². The third kappa shape index (κ3) is 5.30. The smallest absolute Gasteiger partial charge is 0.236 e. The molecule has 0 saturated carbocycles. The predicted molar refractivity (Wildman–Crippen MR) is 90.2 cm³/mol. The van der Waals surface area contributed by atoms with E-state index < -0.39 is 0 Å². The Labute approximate surface area is 139 Å². The fraction of sp³-hybridized carbons (Fsp3) is 0.176. The van der Waals surface area contributed by atoms with Crippen LogP contribution in [0.1, 0.15) is 18.1 Å². The molecule has 1 N–H and O–H groups in total. The molecular formula is C17H17ClN2O3. The van der Waals surface area contributed by atoms with Gasteiger partial charge in [0.2, 0.25) is 5.91 Å².